The summed E-state index contributed by atoms with van der Waals surface area (Å²) in [6.07, 6.45) is 1.08. The summed E-state index contributed by atoms with van der Waals surface area (Å²) in [5.74, 6) is -0.699. The average molecular weight is 242 g/mol. The predicted octanol–water partition coefficient (Wildman–Crippen LogP) is -1.48. The van der Waals surface area contributed by atoms with Crippen LogP contribution in [0.5, 0.6) is 0 Å². The van der Waals surface area contributed by atoms with E-state index in [2.05, 4.69) is 22.5 Å². The van der Waals surface area contributed by atoms with Crippen LogP contribution in [0.25, 0.3) is 0 Å². The molecule has 0 bridgehead atoms. The number of nitrogens with two attached hydrogens (primary N) is 1. The van der Waals surface area contributed by atoms with Crippen molar-refractivity contribution in [2.45, 2.75) is 13.3 Å². The van der Waals surface area contributed by atoms with Gasteiger partial charge in [-0.2, -0.15) is 0 Å². The van der Waals surface area contributed by atoms with E-state index in [-0.39, 0.29) is 0 Å². The number of carbonyl (C=O) groups is 2. The lowest BCUT2D eigenvalue weighted by atomic mass is 10.1. The Labute approximate surface area is 102 Å². The van der Waals surface area contributed by atoms with Crippen molar-refractivity contribution in [1.82, 2.24) is 15.5 Å². The van der Waals surface area contributed by atoms with E-state index in [1.807, 2.05) is 0 Å². The molecule has 0 saturated carbocycles. The van der Waals surface area contributed by atoms with E-state index in [4.69, 9.17) is 5.73 Å². The van der Waals surface area contributed by atoms with Crippen LogP contribution in [0, 0.1) is 5.92 Å². The van der Waals surface area contributed by atoms with Crippen LogP contribution in [0.15, 0.2) is 0 Å². The number of likely N-dealkylation sites (tertiary alicyclic amines) is 1. The van der Waals surface area contributed by atoms with Crippen molar-refractivity contribution in [3.8, 4) is 0 Å². The number of rotatable bonds is 5. The molecule has 6 heteroatoms. The second-order valence-corrected chi connectivity index (χ2v) is 4.30. The minimum Gasteiger partial charge on any atom is -0.348 e. The van der Waals surface area contributed by atoms with Crippen molar-refractivity contribution in [2.75, 3.05) is 39.3 Å². The monoisotopic (exact) mass is 242 g/mol. The number of nitrogens with zero attached hydrogens (tertiary/aromatic N) is 1. The van der Waals surface area contributed by atoms with Crippen molar-refractivity contribution < 1.29 is 9.59 Å². The second kappa shape index (κ2) is 7.24. The molecule has 2 amide bonds. The lowest BCUT2D eigenvalue weighted by Crippen LogP contribution is -2.43. The van der Waals surface area contributed by atoms with Gasteiger partial charge in [0, 0.05) is 26.2 Å². The first-order chi connectivity index (χ1) is 8.17. The number of nitrogens with one attached hydrogen (secondary N) is 2. The zero-order chi connectivity index (χ0) is 12.7. The summed E-state index contributed by atoms with van der Waals surface area (Å²) in [6, 6.07) is 0. The molecule has 0 aromatic heterocycles. The average Bonchev–Trinajstić information content (AvgIpc) is 2.80. The predicted molar refractivity (Wildman–Crippen MR) is 65.3 cm³/mol. The second-order valence-electron chi connectivity index (χ2n) is 4.30. The SMILES string of the molecule is CCN1CCC(CNC(=O)C(=O)NCCN)C1. The quantitative estimate of drug-likeness (QED) is 0.513. The van der Waals surface area contributed by atoms with Crippen molar-refractivity contribution in [2.24, 2.45) is 11.7 Å². The summed E-state index contributed by atoms with van der Waals surface area (Å²) >= 11 is 0. The molecular weight excluding hydrogens is 220 g/mol. The molecule has 1 aliphatic rings. The summed E-state index contributed by atoms with van der Waals surface area (Å²) in [5.41, 5.74) is 5.23. The molecule has 1 heterocycles. The summed E-state index contributed by atoms with van der Waals surface area (Å²) < 4.78 is 0. The standard InChI is InChI=1S/C11H22N4O2/c1-2-15-6-3-9(8-15)7-14-11(17)10(16)13-5-4-12/h9H,2-8,12H2,1H3,(H,13,16)(H,14,17). The summed E-state index contributed by atoms with van der Waals surface area (Å²) in [4.78, 5) is 25.0. The molecule has 0 radical (unpaired) electrons. The van der Waals surface area contributed by atoms with E-state index in [0.717, 1.165) is 26.1 Å². The van der Waals surface area contributed by atoms with Crippen LogP contribution < -0.4 is 16.4 Å². The Morgan fingerprint density at radius 1 is 1.35 bits per heavy atom. The lowest BCUT2D eigenvalue weighted by molar-refractivity contribution is -0.139. The highest BCUT2D eigenvalue weighted by Gasteiger charge is 2.22. The molecule has 1 saturated heterocycles. The van der Waals surface area contributed by atoms with Crippen molar-refractivity contribution in [1.29, 1.82) is 0 Å². The van der Waals surface area contributed by atoms with Gasteiger partial charge >= 0.3 is 11.8 Å². The fraction of sp³-hybridized carbons (Fsp3) is 0.818. The summed E-state index contributed by atoms with van der Waals surface area (Å²) in [6.45, 7) is 6.50. The van der Waals surface area contributed by atoms with Crippen LogP contribution in [-0.2, 0) is 9.59 Å². The zero-order valence-corrected chi connectivity index (χ0v) is 10.4. The molecule has 1 unspecified atom stereocenters. The van der Waals surface area contributed by atoms with Crippen LogP contribution in [-0.4, -0.2) is 56.0 Å². The molecular formula is C11H22N4O2. The topological polar surface area (TPSA) is 87.5 Å². The maximum absolute atomic E-state index is 11.4. The highest BCUT2D eigenvalue weighted by molar-refractivity contribution is 6.35. The van der Waals surface area contributed by atoms with Gasteiger partial charge in [-0.3, -0.25) is 9.59 Å². The molecule has 0 aromatic rings. The Bertz CT molecular complexity index is 270. The Balaban J connectivity index is 2.17. The first-order valence-corrected chi connectivity index (χ1v) is 6.15. The van der Waals surface area contributed by atoms with E-state index < -0.39 is 11.8 Å². The van der Waals surface area contributed by atoms with Crippen LogP contribution in [0.2, 0.25) is 0 Å². The maximum atomic E-state index is 11.4. The van der Waals surface area contributed by atoms with Gasteiger partial charge in [-0.05, 0) is 25.4 Å². The Kier molecular flexibility index (Phi) is 5.93. The van der Waals surface area contributed by atoms with E-state index in [1.165, 1.54) is 0 Å². The van der Waals surface area contributed by atoms with E-state index >= 15 is 0 Å². The summed E-state index contributed by atoms with van der Waals surface area (Å²) in [7, 11) is 0. The highest BCUT2D eigenvalue weighted by atomic mass is 16.2. The van der Waals surface area contributed by atoms with Gasteiger partial charge in [-0.1, -0.05) is 6.92 Å². The number of hydrogen-bond acceptors (Lipinski definition) is 4. The molecule has 6 nitrogen and oxygen atoms in total. The van der Waals surface area contributed by atoms with E-state index in [1.54, 1.807) is 0 Å². The highest BCUT2D eigenvalue weighted by Crippen LogP contribution is 2.14. The minimum atomic E-state index is -0.596. The van der Waals surface area contributed by atoms with Crippen molar-refractivity contribution in [3.63, 3.8) is 0 Å². The number of amides is 2. The molecule has 1 fully saturated rings. The van der Waals surface area contributed by atoms with Crippen LogP contribution in [0.3, 0.4) is 0 Å². The molecule has 0 aliphatic carbocycles. The molecule has 98 valence electrons. The zero-order valence-electron chi connectivity index (χ0n) is 10.4. The van der Waals surface area contributed by atoms with Crippen LogP contribution in [0.4, 0.5) is 0 Å². The Hall–Kier alpha value is -1.14. The largest absolute Gasteiger partial charge is 0.348 e. The molecule has 1 atom stereocenters. The van der Waals surface area contributed by atoms with Crippen LogP contribution in [0.1, 0.15) is 13.3 Å². The fourth-order valence-corrected chi connectivity index (χ4v) is 1.95. The normalized spacial score (nSPS) is 20.2. The first-order valence-electron chi connectivity index (χ1n) is 6.15. The minimum absolute atomic E-state index is 0.333. The molecule has 17 heavy (non-hydrogen) atoms. The van der Waals surface area contributed by atoms with Gasteiger partial charge in [-0.15, -0.1) is 0 Å². The number of carbonyl (C=O) groups excluding carboxylic acids is 2. The maximum Gasteiger partial charge on any atom is 0.309 e. The molecule has 0 spiro atoms. The summed E-state index contributed by atoms with van der Waals surface area (Å²) in [5, 5.41) is 5.10. The first kappa shape index (κ1) is 13.9. The van der Waals surface area contributed by atoms with Gasteiger partial charge < -0.3 is 21.3 Å². The van der Waals surface area contributed by atoms with Gasteiger partial charge in [0.25, 0.3) is 0 Å². The fourth-order valence-electron chi connectivity index (χ4n) is 1.95. The number of hydrogen-bond donors (Lipinski definition) is 3. The van der Waals surface area contributed by atoms with E-state index in [0.29, 0.717) is 25.6 Å². The third kappa shape index (κ3) is 4.70. The van der Waals surface area contributed by atoms with E-state index in [9.17, 15) is 9.59 Å². The molecule has 0 aromatic carbocycles. The van der Waals surface area contributed by atoms with Gasteiger partial charge in [0.05, 0.1) is 0 Å². The molecule has 1 aliphatic heterocycles. The Morgan fingerprint density at radius 3 is 2.65 bits per heavy atom. The van der Waals surface area contributed by atoms with Gasteiger partial charge in [0.2, 0.25) is 0 Å². The van der Waals surface area contributed by atoms with Crippen LogP contribution >= 0.6 is 0 Å². The molecule has 4 N–H and O–H groups in total. The van der Waals surface area contributed by atoms with Gasteiger partial charge in [0.1, 0.15) is 0 Å². The Morgan fingerprint density at radius 2 is 2.06 bits per heavy atom. The smallest absolute Gasteiger partial charge is 0.309 e. The third-order valence-corrected chi connectivity index (χ3v) is 3.00. The van der Waals surface area contributed by atoms with Crippen molar-refractivity contribution in [3.05, 3.63) is 0 Å². The third-order valence-electron chi connectivity index (χ3n) is 3.00. The van der Waals surface area contributed by atoms with Gasteiger partial charge in [-0.25, -0.2) is 0 Å². The lowest BCUT2D eigenvalue weighted by Gasteiger charge is -2.13. The van der Waals surface area contributed by atoms with Gasteiger partial charge in [0.15, 0.2) is 0 Å². The van der Waals surface area contributed by atoms with Crippen molar-refractivity contribution >= 4 is 11.8 Å². The molecule has 1 rings (SSSR count).